The van der Waals surface area contributed by atoms with Gasteiger partial charge in [0.2, 0.25) is 11.8 Å². The molecular formula is C30H46N2O5. The van der Waals surface area contributed by atoms with Gasteiger partial charge in [0.25, 0.3) is 0 Å². The lowest BCUT2D eigenvalue weighted by Crippen LogP contribution is -2.62. The van der Waals surface area contributed by atoms with Crippen molar-refractivity contribution >= 4 is 11.6 Å². The maximum absolute atomic E-state index is 12.7. The first-order valence-corrected chi connectivity index (χ1v) is 14.4. The lowest BCUT2D eigenvalue weighted by Gasteiger charge is -2.63. The number of anilines is 1. The average molecular weight is 515 g/mol. The molecule has 4 aliphatic carbocycles. The summed E-state index contributed by atoms with van der Waals surface area (Å²) in [6, 6.07) is 3.52. The van der Waals surface area contributed by atoms with Crippen LogP contribution in [0.4, 0.5) is 5.69 Å². The highest BCUT2D eigenvalue weighted by atomic mass is 16.5. The first kappa shape index (κ1) is 26.9. The summed E-state index contributed by atoms with van der Waals surface area (Å²) < 4.78 is 5.08. The third kappa shape index (κ3) is 4.59. The predicted octanol–water partition coefficient (Wildman–Crippen LogP) is 4.41. The number of hydrogen-bond acceptors (Lipinski definition) is 6. The Kier molecular flexibility index (Phi) is 7.36. The number of amides is 1. The lowest BCUT2D eigenvalue weighted by molar-refractivity contribution is -0.207. The normalized spacial score (nSPS) is 43.8. The number of aliphatic hydroxyl groups excluding tert-OH is 3. The van der Waals surface area contributed by atoms with Gasteiger partial charge in [0.15, 0.2) is 0 Å². The van der Waals surface area contributed by atoms with E-state index in [-0.39, 0.29) is 34.9 Å². The highest BCUT2D eigenvalue weighted by Gasteiger charge is 2.65. The summed E-state index contributed by atoms with van der Waals surface area (Å²) in [6.07, 6.45) is 7.98. The molecule has 37 heavy (non-hydrogen) atoms. The Balaban J connectivity index is 1.26. The van der Waals surface area contributed by atoms with E-state index >= 15 is 0 Å². The Morgan fingerprint density at radius 3 is 2.62 bits per heavy atom. The van der Waals surface area contributed by atoms with Gasteiger partial charge in [0.1, 0.15) is 0 Å². The summed E-state index contributed by atoms with van der Waals surface area (Å²) in [6.45, 7) is 6.87. The topological polar surface area (TPSA) is 112 Å². The number of ether oxygens (including phenoxy) is 1. The second-order valence-electron chi connectivity index (χ2n) is 13.2. The molecule has 0 radical (unpaired) electrons. The van der Waals surface area contributed by atoms with Crippen LogP contribution in [0.2, 0.25) is 0 Å². The number of rotatable bonds is 6. The fourth-order valence-corrected chi connectivity index (χ4v) is 9.49. The second kappa shape index (κ2) is 10.1. The Bertz CT molecular complexity index is 971. The molecule has 1 aromatic heterocycles. The standard InChI is InChI=1S/C30H46N2O5/c1-17(5-9-26(36)32-19-6-10-27(37-4)31-16-19)21-7-8-22-28-23(15-25(35)30(21,22)3)29(2)12-11-20(33)13-18(29)14-24(28)34/h6,10,16-18,20-25,28,33-35H,5,7-9,11-15H2,1-4H3,(H,32,36)/t17-,18-,20-,21+,22-,23-,24-,25+,28+,29+,30-/m1/s1. The van der Waals surface area contributed by atoms with Crippen LogP contribution in [-0.2, 0) is 4.79 Å². The van der Waals surface area contributed by atoms with Gasteiger partial charge < -0.3 is 25.4 Å². The van der Waals surface area contributed by atoms with Crippen LogP contribution in [0.3, 0.4) is 0 Å². The largest absolute Gasteiger partial charge is 0.481 e. The summed E-state index contributed by atoms with van der Waals surface area (Å²) in [4.78, 5) is 16.8. The number of nitrogens with one attached hydrogen (secondary N) is 1. The van der Waals surface area contributed by atoms with Crippen molar-refractivity contribution in [2.24, 2.45) is 46.3 Å². The van der Waals surface area contributed by atoms with Crippen molar-refractivity contribution in [1.29, 1.82) is 0 Å². The number of carbonyl (C=O) groups is 1. The predicted molar refractivity (Wildman–Crippen MR) is 142 cm³/mol. The Morgan fingerprint density at radius 1 is 1.14 bits per heavy atom. The van der Waals surface area contributed by atoms with Crippen LogP contribution in [0.25, 0.3) is 0 Å². The molecule has 0 unspecified atom stereocenters. The van der Waals surface area contributed by atoms with Gasteiger partial charge in [-0.3, -0.25) is 4.79 Å². The molecule has 7 heteroatoms. The highest BCUT2D eigenvalue weighted by molar-refractivity contribution is 5.90. The Morgan fingerprint density at radius 2 is 1.92 bits per heavy atom. The third-order valence-corrected chi connectivity index (χ3v) is 11.6. The van der Waals surface area contributed by atoms with Crippen LogP contribution in [0.15, 0.2) is 18.3 Å². The van der Waals surface area contributed by atoms with Crippen molar-refractivity contribution in [2.75, 3.05) is 12.4 Å². The molecule has 0 bridgehead atoms. The zero-order chi connectivity index (χ0) is 26.5. The zero-order valence-electron chi connectivity index (χ0n) is 22.9. The molecule has 4 N–H and O–H groups in total. The molecule has 1 heterocycles. The number of aromatic nitrogens is 1. The maximum Gasteiger partial charge on any atom is 0.224 e. The number of fused-ring (bicyclic) bond motifs is 5. The van der Waals surface area contributed by atoms with E-state index < -0.39 is 6.10 Å². The molecule has 11 atom stereocenters. The summed E-state index contributed by atoms with van der Waals surface area (Å²) in [5, 5.41) is 36.4. The fraction of sp³-hybridized carbons (Fsp3) is 0.800. The lowest BCUT2D eigenvalue weighted by atomic mass is 9.43. The maximum atomic E-state index is 12.7. The molecule has 4 fully saturated rings. The third-order valence-electron chi connectivity index (χ3n) is 11.6. The minimum absolute atomic E-state index is 0.0241. The Hall–Kier alpha value is -1.70. The summed E-state index contributed by atoms with van der Waals surface area (Å²) >= 11 is 0. The molecule has 0 saturated heterocycles. The molecule has 0 aromatic carbocycles. The van der Waals surface area contributed by atoms with Gasteiger partial charge in [-0.1, -0.05) is 20.8 Å². The van der Waals surface area contributed by atoms with E-state index in [1.807, 2.05) is 0 Å². The summed E-state index contributed by atoms with van der Waals surface area (Å²) in [5.41, 5.74) is 0.507. The van der Waals surface area contributed by atoms with Crippen LogP contribution in [0.1, 0.15) is 78.6 Å². The minimum Gasteiger partial charge on any atom is -0.481 e. The van der Waals surface area contributed by atoms with E-state index in [1.54, 1.807) is 25.4 Å². The van der Waals surface area contributed by atoms with Gasteiger partial charge >= 0.3 is 0 Å². The van der Waals surface area contributed by atoms with Gasteiger partial charge in [-0.05, 0) is 104 Å². The van der Waals surface area contributed by atoms with E-state index in [0.717, 1.165) is 51.4 Å². The van der Waals surface area contributed by atoms with E-state index in [0.29, 0.717) is 47.6 Å². The summed E-state index contributed by atoms with van der Waals surface area (Å²) in [7, 11) is 1.56. The number of hydrogen-bond donors (Lipinski definition) is 4. The molecule has 4 saturated carbocycles. The second-order valence-corrected chi connectivity index (χ2v) is 13.2. The highest BCUT2D eigenvalue weighted by Crippen LogP contribution is 2.68. The number of carbonyl (C=O) groups excluding carboxylic acids is 1. The van der Waals surface area contributed by atoms with Crippen molar-refractivity contribution in [3.8, 4) is 5.88 Å². The number of aliphatic hydroxyl groups is 3. The molecule has 206 valence electrons. The van der Waals surface area contributed by atoms with Gasteiger partial charge in [-0.2, -0.15) is 0 Å². The smallest absolute Gasteiger partial charge is 0.224 e. The number of methoxy groups -OCH3 is 1. The van der Waals surface area contributed by atoms with Crippen molar-refractivity contribution in [3.05, 3.63) is 18.3 Å². The molecule has 0 aliphatic heterocycles. The quantitative estimate of drug-likeness (QED) is 0.448. The Labute approximate surface area is 221 Å². The van der Waals surface area contributed by atoms with Crippen LogP contribution >= 0.6 is 0 Å². The van der Waals surface area contributed by atoms with Crippen LogP contribution in [0, 0.1) is 46.3 Å². The van der Waals surface area contributed by atoms with E-state index in [9.17, 15) is 20.1 Å². The van der Waals surface area contributed by atoms with Gasteiger partial charge in [0.05, 0.1) is 37.3 Å². The number of nitrogens with zero attached hydrogens (tertiary/aromatic N) is 1. The van der Waals surface area contributed by atoms with Gasteiger partial charge in [0, 0.05) is 12.5 Å². The van der Waals surface area contributed by atoms with E-state index in [1.165, 1.54) is 0 Å². The average Bonchev–Trinajstić information content (AvgIpc) is 3.23. The van der Waals surface area contributed by atoms with Crippen molar-refractivity contribution in [2.45, 2.75) is 96.9 Å². The fourth-order valence-electron chi connectivity index (χ4n) is 9.49. The molecule has 7 nitrogen and oxygen atoms in total. The SMILES string of the molecule is COc1ccc(NC(=O)CC[C@@H](C)[C@@H]2CC[C@@H]3[C@@H]4[C@H](O)C[C@H]5C[C@H](O)CC[C@]5(C)[C@@H]4C[C@H](O)[C@@]32C)cn1. The molecule has 1 aromatic rings. The van der Waals surface area contributed by atoms with E-state index in [2.05, 4.69) is 31.1 Å². The molecule has 4 aliphatic rings. The first-order chi connectivity index (χ1) is 17.6. The zero-order valence-corrected chi connectivity index (χ0v) is 22.9. The van der Waals surface area contributed by atoms with Gasteiger partial charge in [-0.15, -0.1) is 0 Å². The van der Waals surface area contributed by atoms with Gasteiger partial charge in [-0.25, -0.2) is 4.98 Å². The monoisotopic (exact) mass is 514 g/mol. The molecular weight excluding hydrogens is 468 g/mol. The summed E-state index contributed by atoms with van der Waals surface area (Å²) in [5.74, 6) is 2.27. The molecule has 0 spiro atoms. The van der Waals surface area contributed by atoms with Crippen molar-refractivity contribution in [1.82, 2.24) is 4.98 Å². The minimum atomic E-state index is -0.400. The molecule has 5 rings (SSSR count). The van der Waals surface area contributed by atoms with Crippen LogP contribution in [0.5, 0.6) is 5.88 Å². The first-order valence-electron chi connectivity index (χ1n) is 14.4. The van der Waals surface area contributed by atoms with Crippen LogP contribution < -0.4 is 10.1 Å². The van der Waals surface area contributed by atoms with Crippen molar-refractivity contribution < 1.29 is 24.9 Å². The molecule has 1 amide bonds. The van der Waals surface area contributed by atoms with Crippen LogP contribution in [-0.4, -0.2) is 51.6 Å². The number of pyridine rings is 1. The van der Waals surface area contributed by atoms with Crippen molar-refractivity contribution in [3.63, 3.8) is 0 Å². The van der Waals surface area contributed by atoms with E-state index in [4.69, 9.17) is 4.74 Å².